The van der Waals surface area contributed by atoms with E-state index < -0.39 is 13.9 Å². The van der Waals surface area contributed by atoms with Crippen molar-refractivity contribution in [1.29, 1.82) is 0 Å². The zero-order valence-electron chi connectivity index (χ0n) is 16.2. The molecule has 2 aromatic carbocycles. The molecule has 3 N–H and O–H groups in total. The van der Waals surface area contributed by atoms with E-state index in [1.807, 2.05) is 32.0 Å². The lowest BCUT2D eigenvalue weighted by Crippen LogP contribution is -2.12. The van der Waals surface area contributed by atoms with Gasteiger partial charge in [-0.25, -0.2) is 0 Å². The Morgan fingerprint density at radius 3 is 2.37 bits per heavy atom. The van der Waals surface area contributed by atoms with Gasteiger partial charge in [-0.1, -0.05) is 19.9 Å². The van der Waals surface area contributed by atoms with Crippen LogP contribution in [0.5, 0.6) is 11.5 Å². The molecule has 0 saturated carbocycles. The third kappa shape index (κ3) is 4.21. The van der Waals surface area contributed by atoms with Crippen LogP contribution in [0.3, 0.4) is 0 Å². The molecular weight excluding hydrogens is 363 g/mol. The van der Waals surface area contributed by atoms with Crippen molar-refractivity contribution in [2.45, 2.75) is 52.4 Å². The van der Waals surface area contributed by atoms with Crippen molar-refractivity contribution in [2.75, 3.05) is 6.35 Å². The topological polar surface area (TPSA) is 87.0 Å². The van der Waals surface area contributed by atoms with Gasteiger partial charge < -0.3 is 19.6 Å². The largest absolute Gasteiger partial charge is 0.508 e. The fourth-order valence-electron chi connectivity index (χ4n) is 4.11. The van der Waals surface area contributed by atoms with Crippen LogP contribution in [0.2, 0.25) is 0 Å². The second kappa shape index (κ2) is 6.97. The van der Waals surface area contributed by atoms with Gasteiger partial charge in [0.05, 0.1) is 0 Å². The molecule has 0 amide bonds. The van der Waals surface area contributed by atoms with E-state index in [0.717, 1.165) is 36.0 Å². The van der Waals surface area contributed by atoms with Gasteiger partial charge in [-0.05, 0) is 84.5 Å². The van der Waals surface area contributed by atoms with Crippen LogP contribution in [0.25, 0.3) is 0 Å². The van der Waals surface area contributed by atoms with Gasteiger partial charge >= 0.3 is 7.60 Å². The number of benzene rings is 2. The van der Waals surface area contributed by atoms with Crippen molar-refractivity contribution in [2.24, 2.45) is 0 Å². The summed E-state index contributed by atoms with van der Waals surface area (Å²) in [6.45, 7) is 8.31. The number of phenols is 1. The van der Waals surface area contributed by atoms with Gasteiger partial charge in [-0.2, -0.15) is 0 Å². The van der Waals surface area contributed by atoms with Crippen LogP contribution in [0.4, 0.5) is 0 Å². The summed E-state index contributed by atoms with van der Waals surface area (Å²) < 4.78 is 16.3. The Kier molecular flexibility index (Phi) is 5.15. The fraction of sp³-hybridized carbons (Fsp3) is 0.429. The standard InChI is InChI=1S/C21H27O5P/c1-13-9-16(26-12-27(23,24)25)10-14(2)18(13)11-15-5-6-19(22)20-17(15)7-8-21(20,3)4/h5-6,9-10,22H,7-8,11-12H2,1-4H3,(H2,23,24,25). The lowest BCUT2D eigenvalue weighted by molar-refractivity contribution is 0.300. The summed E-state index contributed by atoms with van der Waals surface area (Å²) in [6.07, 6.45) is 2.13. The minimum Gasteiger partial charge on any atom is -0.508 e. The summed E-state index contributed by atoms with van der Waals surface area (Å²) in [6, 6.07) is 7.45. The summed E-state index contributed by atoms with van der Waals surface area (Å²) >= 11 is 0. The predicted octanol–water partition coefficient (Wildman–Crippen LogP) is 4.34. The van der Waals surface area contributed by atoms with Crippen molar-refractivity contribution in [1.82, 2.24) is 0 Å². The molecule has 2 aromatic rings. The van der Waals surface area contributed by atoms with Crippen molar-refractivity contribution < 1.29 is 24.2 Å². The van der Waals surface area contributed by atoms with Crippen LogP contribution in [-0.2, 0) is 22.8 Å². The molecule has 5 nitrogen and oxygen atoms in total. The Bertz CT molecular complexity index is 903. The molecule has 3 rings (SSSR count). The summed E-state index contributed by atoms with van der Waals surface area (Å²) in [5, 5.41) is 10.3. The van der Waals surface area contributed by atoms with E-state index in [2.05, 4.69) is 13.8 Å². The molecule has 0 aliphatic heterocycles. The number of fused-ring (bicyclic) bond motifs is 1. The van der Waals surface area contributed by atoms with E-state index in [-0.39, 0.29) is 5.41 Å². The molecule has 0 radical (unpaired) electrons. The lowest BCUT2D eigenvalue weighted by Gasteiger charge is -2.21. The molecule has 27 heavy (non-hydrogen) atoms. The van der Waals surface area contributed by atoms with E-state index in [9.17, 15) is 9.67 Å². The quantitative estimate of drug-likeness (QED) is 0.661. The molecule has 6 heteroatoms. The Balaban J connectivity index is 1.92. The SMILES string of the molecule is Cc1cc(OCP(=O)(O)O)cc(C)c1Cc1ccc(O)c2c1CCC2(C)C. The Morgan fingerprint density at radius 1 is 1.15 bits per heavy atom. The van der Waals surface area contributed by atoms with Gasteiger partial charge in [-0.15, -0.1) is 0 Å². The van der Waals surface area contributed by atoms with E-state index >= 15 is 0 Å². The smallest absolute Gasteiger partial charge is 0.362 e. The summed E-state index contributed by atoms with van der Waals surface area (Å²) in [7, 11) is -4.20. The summed E-state index contributed by atoms with van der Waals surface area (Å²) in [5.74, 6) is 0.847. The van der Waals surface area contributed by atoms with Gasteiger partial charge in [0.1, 0.15) is 11.5 Å². The molecule has 0 saturated heterocycles. The first-order valence-electron chi connectivity index (χ1n) is 9.09. The average Bonchev–Trinajstić information content (AvgIpc) is 2.87. The Morgan fingerprint density at radius 2 is 1.78 bits per heavy atom. The second-order valence-electron chi connectivity index (χ2n) is 8.13. The average molecular weight is 390 g/mol. The van der Waals surface area contributed by atoms with E-state index in [1.54, 1.807) is 6.07 Å². The number of hydrogen-bond donors (Lipinski definition) is 3. The van der Waals surface area contributed by atoms with Crippen LogP contribution in [0.15, 0.2) is 24.3 Å². The van der Waals surface area contributed by atoms with Crippen LogP contribution < -0.4 is 4.74 Å². The van der Waals surface area contributed by atoms with Crippen LogP contribution >= 0.6 is 7.60 Å². The molecule has 0 bridgehead atoms. The van der Waals surface area contributed by atoms with E-state index in [0.29, 0.717) is 11.5 Å². The molecule has 1 aliphatic rings. The first kappa shape index (κ1) is 19.9. The van der Waals surface area contributed by atoms with E-state index in [4.69, 9.17) is 14.5 Å². The fourth-order valence-corrected chi connectivity index (χ4v) is 4.43. The molecule has 0 spiro atoms. The highest BCUT2D eigenvalue weighted by molar-refractivity contribution is 7.51. The summed E-state index contributed by atoms with van der Waals surface area (Å²) in [4.78, 5) is 18.0. The maximum atomic E-state index is 11.0. The second-order valence-corrected chi connectivity index (χ2v) is 9.72. The van der Waals surface area contributed by atoms with Gasteiger partial charge in [0, 0.05) is 5.56 Å². The zero-order valence-corrected chi connectivity index (χ0v) is 17.1. The van der Waals surface area contributed by atoms with Crippen LogP contribution in [-0.4, -0.2) is 21.2 Å². The van der Waals surface area contributed by atoms with Crippen molar-refractivity contribution >= 4 is 7.60 Å². The molecule has 0 fully saturated rings. The molecule has 1 aliphatic carbocycles. The van der Waals surface area contributed by atoms with Crippen molar-refractivity contribution in [3.8, 4) is 11.5 Å². The minimum absolute atomic E-state index is 0.0141. The molecular formula is C21H27O5P. The van der Waals surface area contributed by atoms with Gasteiger partial charge in [-0.3, -0.25) is 4.57 Å². The maximum Gasteiger partial charge on any atom is 0.362 e. The Labute approximate surface area is 160 Å². The predicted molar refractivity (Wildman–Crippen MR) is 106 cm³/mol. The molecule has 0 unspecified atom stereocenters. The highest BCUT2D eigenvalue weighted by Gasteiger charge is 2.34. The molecule has 0 heterocycles. The van der Waals surface area contributed by atoms with E-state index in [1.165, 1.54) is 16.7 Å². The highest BCUT2D eigenvalue weighted by atomic mass is 31.2. The van der Waals surface area contributed by atoms with Gasteiger partial charge in [0.25, 0.3) is 0 Å². The number of aromatic hydroxyl groups is 1. The van der Waals surface area contributed by atoms with Gasteiger partial charge in [0.2, 0.25) is 0 Å². The lowest BCUT2D eigenvalue weighted by atomic mass is 9.84. The number of rotatable bonds is 5. The minimum atomic E-state index is -4.20. The number of aryl methyl sites for hydroxylation is 2. The highest BCUT2D eigenvalue weighted by Crippen LogP contribution is 2.45. The number of ether oxygens (including phenoxy) is 1. The van der Waals surface area contributed by atoms with Crippen molar-refractivity contribution in [3.05, 3.63) is 57.6 Å². The first-order valence-corrected chi connectivity index (χ1v) is 10.9. The number of phenolic OH excluding ortho intramolecular Hbond substituents is 1. The third-order valence-corrected chi connectivity index (χ3v) is 5.97. The first-order chi connectivity index (χ1) is 12.5. The maximum absolute atomic E-state index is 11.0. The Hall–Kier alpha value is -1.81. The molecule has 0 atom stereocenters. The number of hydrogen-bond acceptors (Lipinski definition) is 3. The van der Waals surface area contributed by atoms with Crippen LogP contribution in [0, 0.1) is 13.8 Å². The van der Waals surface area contributed by atoms with Crippen molar-refractivity contribution in [3.63, 3.8) is 0 Å². The van der Waals surface area contributed by atoms with Crippen LogP contribution in [0.1, 0.15) is 53.6 Å². The normalized spacial score (nSPS) is 15.6. The third-order valence-electron chi connectivity index (χ3n) is 5.50. The van der Waals surface area contributed by atoms with Gasteiger partial charge in [0.15, 0.2) is 6.35 Å². The monoisotopic (exact) mass is 390 g/mol. The molecule has 0 aromatic heterocycles. The molecule has 146 valence electrons. The zero-order chi connectivity index (χ0) is 20.0. The summed E-state index contributed by atoms with van der Waals surface area (Å²) in [5.41, 5.74) is 6.75.